The van der Waals surface area contributed by atoms with Crippen molar-refractivity contribution in [3.8, 4) is 0 Å². The summed E-state index contributed by atoms with van der Waals surface area (Å²) in [4.78, 5) is 27.9. The van der Waals surface area contributed by atoms with Gasteiger partial charge in [0, 0.05) is 5.92 Å². The minimum Gasteiger partial charge on any atom is -0.211 e. The van der Waals surface area contributed by atoms with E-state index in [4.69, 9.17) is 0 Å². The Morgan fingerprint density at radius 3 is 2.23 bits per heavy atom. The quantitative estimate of drug-likeness (QED) is 0.470. The van der Waals surface area contributed by atoms with Gasteiger partial charge in [0.25, 0.3) is 0 Å². The number of isocyanates is 2. The summed E-state index contributed by atoms with van der Waals surface area (Å²) < 4.78 is 0. The SMILES string of the molecule is O=C=NC1(N=C=O)CC2CCC1C2. The van der Waals surface area contributed by atoms with E-state index in [0.717, 1.165) is 19.3 Å². The molecule has 0 spiro atoms. The number of hydrogen-bond donors (Lipinski definition) is 0. The summed E-state index contributed by atoms with van der Waals surface area (Å²) in [5.41, 5.74) is -0.785. The van der Waals surface area contributed by atoms with Gasteiger partial charge in [0.05, 0.1) is 0 Å². The largest absolute Gasteiger partial charge is 0.237 e. The number of rotatable bonds is 2. The second-order valence-corrected chi connectivity index (χ2v) is 3.86. The van der Waals surface area contributed by atoms with Crippen molar-refractivity contribution in [2.24, 2.45) is 21.8 Å². The molecule has 0 aromatic rings. The Labute approximate surface area is 75.8 Å². The zero-order chi connectivity index (χ0) is 9.31. The lowest BCUT2D eigenvalue weighted by molar-refractivity contribution is 0.284. The number of hydrogen-bond acceptors (Lipinski definition) is 4. The van der Waals surface area contributed by atoms with Crippen LogP contribution in [0.2, 0.25) is 0 Å². The first-order chi connectivity index (χ1) is 6.30. The Hall–Kier alpha value is -1.24. The smallest absolute Gasteiger partial charge is 0.211 e. The normalized spacial score (nSPS) is 40.9. The van der Waals surface area contributed by atoms with Crippen molar-refractivity contribution >= 4 is 12.2 Å². The monoisotopic (exact) mass is 178 g/mol. The predicted octanol–water partition coefficient (Wildman–Crippen LogP) is 1.17. The molecule has 0 N–H and O–H groups in total. The molecule has 13 heavy (non-hydrogen) atoms. The van der Waals surface area contributed by atoms with Gasteiger partial charge in [0.2, 0.25) is 12.2 Å². The van der Waals surface area contributed by atoms with Crippen LogP contribution in [0.1, 0.15) is 25.7 Å². The first-order valence-corrected chi connectivity index (χ1v) is 4.49. The highest BCUT2D eigenvalue weighted by molar-refractivity contribution is 5.40. The Kier molecular flexibility index (Phi) is 1.87. The standard InChI is InChI=1S/C9H10N2O2/c12-5-10-9(11-6-13)4-7-1-2-8(9)3-7/h7-8H,1-4H2. The van der Waals surface area contributed by atoms with Crippen LogP contribution in [0.4, 0.5) is 0 Å². The summed E-state index contributed by atoms with van der Waals surface area (Å²) in [6, 6.07) is 0. The molecule has 0 aromatic heterocycles. The maximum atomic E-state index is 10.2. The highest BCUT2D eigenvalue weighted by Crippen LogP contribution is 2.53. The van der Waals surface area contributed by atoms with Crippen LogP contribution < -0.4 is 0 Å². The first kappa shape index (κ1) is 8.36. The van der Waals surface area contributed by atoms with Crippen LogP contribution in [0, 0.1) is 11.8 Å². The molecule has 0 heterocycles. The molecule has 0 radical (unpaired) electrons. The van der Waals surface area contributed by atoms with Gasteiger partial charge in [0.1, 0.15) is 0 Å². The number of fused-ring (bicyclic) bond motifs is 2. The fraction of sp³-hybridized carbons (Fsp3) is 0.778. The van der Waals surface area contributed by atoms with Gasteiger partial charge in [-0.15, -0.1) is 0 Å². The fourth-order valence-corrected chi connectivity index (χ4v) is 2.73. The maximum Gasteiger partial charge on any atom is 0.237 e. The summed E-state index contributed by atoms with van der Waals surface area (Å²) in [7, 11) is 0. The maximum absolute atomic E-state index is 10.2. The Morgan fingerprint density at radius 2 is 1.85 bits per heavy atom. The van der Waals surface area contributed by atoms with Crippen molar-refractivity contribution < 1.29 is 9.59 Å². The minimum absolute atomic E-state index is 0.264. The molecule has 2 atom stereocenters. The van der Waals surface area contributed by atoms with Crippen LogP contribution in [0.25, 0.3) is 0 Å². The average molecular weight is 178 g/mol. The van der Waals surface area contributed by atoms with E-state index >= 15 is 0 Å². The van der Waals surface area contributed by atoms with Gasteiger partial charge in [-0.3, -0.25) is 0 Å². The summed E-state index contributed by atoms with van der Waals surface area (Å²) in [5, 5.41) is 0. The van der Waals surface area contributed by atoms with Crippen LogP contribution >= 0.6 is 0 Å². The van der Waals surface area contributed by atoms with Gasteiger partial charge in [-0.1, -0.05) is 0 Å². The highest BCUT2D eigenvalue weighted by Gasteiger charge is 2.51. The molecule has 2 aliphatic carbocycles. The topological polar surface area (TPSA) is 58.9 Å². The molecule has 4 heteroatoms. The molecule has 2 unspecified atom stereocenters. The van der Waals surface area contributed by atoms with Gasteiger partial charge < -0.3 is 0 Å². The van der Waals surface area contributed by atoms with E-state index in [2.05, 4.69) is 9.98 Å². The molecule has 0 aliphatic heterocycles. The third-order valence-corrected chi connectivity index (χ3v) is 3.26. The molecule has 2 rings (SSSR count). The lowest BCUT2D eigenvalue weighted by Gasteiger charge is -2.26. The lowest BCUT2D eigenvalue weighted by Crippen LogP contribution is -2.30. The molecule has 2 bridgehead atoms. The summed E-state index contributed by atoms with van der Waals surface area (Å²) in [6.45, 7) is 0. The van der Waals surface area contributed by atoms with Crippen molar-refractivity contribution in [1.29, 1.82) is 0 Å². The van der Waals surface area contributed by atoms with E-state index in [1.165, 1.54) is 18.6 Å². The minimum atomic E-state index is -0.785. The van der Waals surface area contributed by atoms with Crippen molar-refractivity contribution in [1.82, 2.24) is 0 Å². The number of carbonyl (C=O) groups excluding carboxylic acids is 2. The fourth-order valence-electron chi connectivity index (χ4n) is 2.73. The molecule has 2 aliphatic rings. The molecule has 0 saturated heterocycles. The van der Waals surface area contributed by atoms with Crippen LogP contribution in [0.3, 0.4) is 0 Å². The van der Waals surface area contributed by atoms with E-state index in [9.17, 15) is 9.59 Å². The third-order valence-electron chi connectivity index (χ3n) is 3.26. The lowest BCUT2D eigenvalue weighted by atomic mass is 9.90. The van der Waals surface area contributed by atoms with E-state index in [1.54, 1.807) is 0 Å². The Balaban J connectivity index is 2.34. The van der Waals surface area contributed by atoms with Gasteiger partial charge >= 0.3 is 0 Å². The van der Waals surface area contributed by atoms with Crippen molar-refractivity contribution in [2.75, 3.05) is 0 Å². The summed E-state index contributed by atoms with van der Waals surface area (Å²) >= 11 is 0. The predicted molar refractivity (Wildman–Crippen MR) is 44.4 cm³/mol. The van der Waals surface area contributed by atoms with Crippen LogP contribution in [0.5, 0.6) is 0 Å². The van der Waals surface area contributed by atoms with Crippen LogP contribution in [-0.2, 0) is 9.59 Å². The second-order valence-electron chi connectivity index (χ2n) is 3.86. The number of aliphatic imine (C=N–C) groups is 2. The first-order valence-electron chi connectivity index (χ1n) is 4.49. The van der Waals surface area contributed by atoms with Crippen LogP contribution in [0.15, 0.2) is 9.98 Å². The molecule has 68 valence electrons. The average Bonchev–Trinajstić information content (AvgIpc) is 2.64. The molecule has 0 aromatic carbocycles. The van der Waals surface area contributed by atoms with Gasteiger partial charge in [-0.2, -0.15) is 9.98 Å². The van der Waals surface area contributed by atoms with Crippen molar-refractivity contribution in [2.45, 2.75) is 31.3 Å². The van der Waals surface area contributed by atoms with Crippen LogP contribution in [-0.4, -0.2) is 17.8 Å². The molecule has 2 saturated carbocycles. The van der Waals surface area contributed by atoms with E-state index in [-0.39, 0.29) is 5.92 Å². The van der Waals surface area contributed by atoms with E-state index in [0.29, 0.717) is 5.92 Å². The molecular formula is C9H10N2O2. The molecule has 2 fully saturated rings. The third kappa shape index (κ3) is 1.15. The highest BCUT2D eigenvalue weighted by atomic mass is 16.1. The van der Waals surface area contributed by atoms with E-state index < -0.39 is 5.66 Å². The number of nitrogens with zero attached hydrogens (tertiary/aromatic N) is 2. The van der Waals surface area contributed by atoms with Gasteiger partial charge in [0.15, 0.2) is 5.66 Å². The van der Waals surface area contributed by atoms with E-state index in [1.807, 2.05) is 0 Å². The molecular weight excluding hydrogens is 168 g/mol. The van der Waals surface area contributed by atoms with Gasteiger partial charge in [-0.05, 0) is 31.6 Å². The zero-order valence-electron chi connectivity index (χ0n) is 7.19. The van der Waals surface area contributed by atoms with Crippen molar-refractivity contribution in [3.05, 3.63) is 0 Å². The summed E-state index contributed by atoms with van der Waals surface area (Å²) in [6.07, 6.45) is 7.00. The second kappa shape index (κ2) is 2.91. The molecule has 0 amide bonds. The molecule has 4 nitrogen and oxygen atoms in total. The summed E-state index contributed by atoms with van der Waals surface area (Å²) in [5.74, 6) is 0.847. The Morgan fingerprint density at radius 1 is 1.15 bits per heavy atom. The zero-order valence-corrected chi connectivity index (χ0v) is 7.19. The van der Waals surface area contributed by atoms with Crippen molar-refractivity contribution in [3.63, 3.8) is 0 Å². The van der Waals surface area contributed by atoms with Gasteiger partial charge in [-0.25, -0.2) is 9.59 Å². The Bertz CT molecular complexity index is 296.